The van der Waals surface area contributed by atoms with Crippen LogP contribution in [0.5, 0.6) is 0 Å². The van der Waals surface area contributed by atoms with E-state index >= 15 is 0 Å². The summed E-state index contributed by atoms with van der Waals surface area (Å²) < 4.78 is 21.4. The molecular weight excluding hydrogens is 210 g/mol. The molecule has 0 bridgehead atoms. The highest BCUT2D eigenvalue weighted by Crippen LogP contribution is 2.16. The summed E-state index contributed by atoms with van der Waals surface area (Å²) >= 11 is 0. The second-order valence-corrected chi connectivity index (χ2v) is 6.03. The Morgan fingerprint density at radius 2 is 1.73 bits per heavy atom. The standard InChI is InChI=1S/C11H15NO2S/c1-11(2,15(12,13)14)9-8-10-6-4-3-5-7-10/h3-9H,1-2H3,(H2,12,13,14). The first-order chi connectivity index (χ1) is 6.83. The Morgan fingerprint density at radius 3 is 2.20 bits per heavy atom. The Morgan fingerprint density at radius 1 is 1.20 bits per heavy atom. The summed E-state index contributed by atoms with van der Waals surface area (Å²) in [6, 6.07) is 9.49. The van der Waals surface area contributed by atoms with Crippen LogP contribution in [0.4, 0.5) is 0 Å². The first-order valence-electron chi connectivity index (χ1n) is 4.59. The minimum atomic E-state index is -3.56. The number of benzene rings is 1. The molecule has 0 spiro atoms. The average Bonchev–Trinajstić information content (AvgIpc) is 2.15. The molecule has 0 radical (unpaired) electrons. The zero-order valence-corrected chi connectivity index (χ0v) is 9.66. The van der Waals surface area contributed by atoms with Gasteiger partial charge in [-0.3, -0.25) is 0 Å². The molecule has 2 N–H and O–H groups in total. The predicted octanol–water partition coefficient (Wildman–Crippen LogP) is 1.77. The lowest BCUT2D eigenvalue weighted by Crippen LogP contribution is -2.35. The lowest BCUT2D eigenvalue weighted by atomic mass is 10.1. The van der Waals surface area contributed by atoms with Crippen molar-refractivity contribution in [2.45, 2.75) is 18.6 Å². The predicted molar refractivity (Wildman–Crippen MR) is 62.7 cm³/mol. The molecule has 0 saturated carbocycles. The van der Waals surface area contributed by atoms with Gasteiger partial charge in [0, 0.05) is 0 Å². The SMILES string of the molecule is CC(C)(C=Cc1ccccc1)S(N)(=O)=O. The Bertz CT molecular complexity index is 447. The third-order valence-corrected chi connectivity index (χ3v) is 3.81. The first kappa shape index (κ1) is 11.9. The van der Waals surface area contributed by atoms with Crippen molar-refractivity contribution in [3.63, 3.8) is 0 Å². The molecule has 15 heavy (non-hydrogen) atoms. The second-order valence-electron chi connectivity index (χ2n) is 3.89. The van der Waals surface area contributed by atoms with Gasteiger partial charge in [-0.25, -0.2) is 13.6 Å². The summed E-state index contributed by atoms with van der Waals surface area (Å²) in [5.74, 6) is 0. The van der Waals surface area contributed by atoms with Gasteiger partial charge < -0.3 is 0 Å². The van der Waals surface area contributed by atoms with Crippen molar-refractivity contribution in [2.75, 3.05) is 0 Å². The normalized spacial score (nSPS) is 13.3. The molecule has 0 heterocycles. The van der Waals surface area contributed by atoms with Crippen LogP contribution < -0.4 is 5.14 Å². The van der Waals surface area contributed by atoms with Crippen molar-refractivity contribution in [1.29, 1.82) is 0 Å². The maximum absolute atomic E-state index is 11.2. The van der Waals surface area contributed by atoms with Crippen LogP contribution in [0.3, 0.4) is 0 Å². The van der Waals surface area contributed by atoms with Crippen LogP contribution in [-0.2, 0) is 10.0 Å². The molecular formula is C11H15NO2S. The maximum atomic E-state index is 11.2. The van der Waals surface area contributed by atoms with E-state index in [1.807, 2.05) is 30.3 Å². The number of nitrogens with two attached hydrogens (primary N) is 1. The minimum Gasteiger partial charge on any atom is -0.228 e. The van der Waals surface area contributed by atoms with E-state index in [0.717, 1.165) is 5.56 Å². The van der Waals surface area contributed by atoms with Gasteiger partial charge in [-0.2, -0.15) is 0 Å². The van der Waals surface area contributed by atoms with Gasteiger partial charge in [0.25, 0.3) is 0 Å². The topological polar surface area (TPSA) is 60.2 Å². The summed E-state index contributed by atoms with van der Waals surface area (Å²) in [6.07, 6.45) is 3.35. The summed E-state index contributed by atoms with van der Waals surface area (Å²) in [7, 11) is -3.56. The molecule has 0 fully saturated rings. The van der Waals surface area contributed by atoms with Crippen LogP contribution in [0.1, 0.15) is 19.4 Å². The van der Waals surface area contributed by atoms with E-state index in [4.69, 9.17) is 5.14 Å². The molecule has 0 saturated heterocycles. The van der Waals surface area contributed by atoms with E-state index < -0.39 is 14.8 Å². The molecule has 82 valence electrons. The molecule has 0 aliphatic rings. The van der Waals surface area contributed by atoms with Gasteiger partial charge in [0.05, 0.1) is 4.75 Å². The van der Waals surface area contributed by atoms with Gasteiger partial charge in [-0.15, -0.1) is 0 Å². The molecule has 1 aromatic carbocycles. The Kier molecular flexibility index (Phi) is 3.31. The minimum absolute atomic E-state index is 0.953. The monoisotopic (exact) mass is 225 g/mol. The molecule has 4 heteroatoms. The maximum Gasteiger partial charge on any atom is 0.217 e. The number of hydrogen-bond acceptors (Lipinski definition) is 2. The highest BCUT2D eigenvalue weighted by molar-refractivity contribution is 7.90. The Hall–Kier alpha value is -1.13. The highest BCUT2D eigenvalue weighted by atomic mass is 32.2. The van der Waals surface area contributed by atoms with Crippen LogP contribution in [0, 0.1) is 0 Å². The fourth-order valence-corrected chi connectivity index (χ4v) is 1.21. The van der Waals surface area contributed by atoms with Crippen LogP contribution in [0.25, 0.3) is 6.08 Å². The first-order valence-corrected chi connectivity index (χ1v) is 6.14. The van der Waals surface area contributed by atoms with Crippen LogP contribution in [-0.4, -0.2) is 13.2 Å². The van der Waals surface area contributed by atoms with Crippen LogP contribution >= 0.6 is 0 Å². The Balaban J connectivity index is 2.92. The fraction of sp³-hybridized carbons (Fsp3) is 0.273. The Labute approximate surface area is 90.7 Å². The largest absolute Gasteiger partial charge is 0.228 e. The van der Waals surface area contributed by atoms with Crippen LogP contribution in [0.2, 0.25) is 0 Å². The van der Waals surface area contributed by atoms with Gasteiger partial charge in [-0.05, 0) is 19.4 Å². The smallest absolute Gasteiger partial charge is 0.217 e. The van der Waals surface area contributed by atoms with E-state index in [-0.39, 0.29) is 0 Å². The molecule has 3 nitrogen and oxygen atoms in total. The lowest BCUT2D eigenvalue weighted by molar-refractivity contribution is 0.574. The van der Waals surface area contributed by atoms with Gasteiger partial charge in [0.1, 0.15) is 0 Å². The fourth-order valence-electron chi connectivity index (χ4n) is 0.956. The molecule has 0 amide bonds. The molecule has 0 atom stereocenters. The zero-order valence-electron chi connectivity index (χ0n) is 8.84. The molecule has 0 aromatic heterocycles. The number of primary sulfonamides is 1. The summed E-state index contributed by atoms with van der Waals surface area (Å²) in [5, 5.41) is 5.10. The van der Waals surface area contributed by atoms with Crippen molar-refractivity contribution >= 4 is 16.1 Å². The van der Waals surface area contributed by atoms with Gasteiger partial charge >= 0.3 is 0 Å². The van der Waals surface area contributed by atoms with Crippen molar-refractivity contribution in [3.8, 4) is 0 Å². The summed E-state index contributed by atoms with van der Waals surface area (Å²) in [5.41, 5.74) is 0.953. The van der Waals surface area contributed by atoms with Gasteiger partial charge in [0.15, 0.2) is 0 Å². The van der Waals surface area contributed by atoms with Crippen molar-refractivity contribution < 1.29 is 8.42 Å². The van der Waals surface area contributed by atoms with Gasteiger partial charge in [-0.1, -0.05) is 42.5 Å². The third-order valence-electron chi connectivity index (χ3n) is 2.21. The van der Waals surface area contributed by atoms with Crippen molar-refractivity contribution in [1.82, 2.24) is 0 Å². The number of hydrogen-bond donors (Lipinski definition) is 1. The quantitative estimate of drug-likeness (QED) is 0.852. The van der Waals surface area contributed by atoms with E-state index in [0.29, 0.717) is 0 Å². The average molecular weight is 225 g/mol. The molecule has 0 aliphatic heterocycles. The van der Waals surface area contributed by atoms with E-state index in [9.17, 15) is 8.42 Å². The molecule has 0 aliphatic carbocycles. The second kappa shape index (κ2) is 4.16. The summed E-state index contributed by atoms with van der Waals surface area (Å²) in [4.78, 5) is 0. The van der Waals surface area contributed by atoms with E-state index in [1.54, 1.807) is 26.0 Å². The number of rotatable bonds is 3. The number of sulfonamides is 1. The lowest BCUT2D eigenvalue weighted by Gasteiger charge is -2.16. The van der Waals surface area contributed by atoms with E-state index in [2.05, 4.69) is 0 Å². The van der Waals surface area contributed by atoms with Crippen molar-refractivity contribution in [3.05, 3.63) is 42.0 Å². The van der Waals surface area contributed by atoms with Gasteiger partial charge in [0.2, 0.25) is 10.0 Å². The van der Waals surface area contributed by atoms with E-state index in [1.165, 1.54) is 0 Å². The van der Waals surface area contributed by atoms with Crippen molar-refractivity contribution in [2.24, 2.45) is 5.14 Å². The molecule has 0 unspecified atom stereocenters. The zero-order chi connectivity index (χ0) is 11.5. The molecule has 1 aromatic rings. The van der Waals surface area contributed by atoms with Crippen LogP contribution in [0.15, 0.2) is 36.4 Å². The molecule has 1 rings (SSSR count). The third kappa shape index (κ3) is 3.18. The summed E-state index contributed by atoms with van der Waals surface area (Å²) in [6.45, 7) is 3.14. The highest BCUT2D eigenvalue weighted by Gasteiger charge is 2.27.